The first-order chi connectivity index (χ1) is 25.0. The van der Waals surface area contributed by atoms with Gasteiger partial charge in [-0.3, -0.25) is 0 Å². The van der Waals surface area contributed by atoms with Crippen molar-refractivity contribution in [2.24, 2.45) is 0 Å². The number of aryl methyl sites for hydroxylation is 1. The van der Waals surface area contributed by atoms with E-state index in [2.05, 4.69) is 138 Å². The van der Waals surface area contributed by atoms with Crippen molar-refractivity contribution in [3.63, 3.8) is 0 Å². The van der Waals surface area contributed by atoms with Crippen molar-refractivity contribution in [2.45, 2.75) is 70.3 Å². The lowest BCUT2D eigenvalue weighted by atomic mass is 9.74. The number of hydrogen-bond acceptors (Lipinski definition) is 3. The number of aliphatic hydroxyl groups is 3. The van der Waals surface area contributed by atoms with Crippen molar-refractivity contribution in [3.05, 3.63) is 154 Å². The maximum Gasteiger partial charge on any atom is 0.0681 e. The van der Waals surface area contributed by atoms with Gasteiger partial charge in [0.05, 0.1) is 13.2 Å². The molecule has 52 heavy (non-hydrogen) atoms. The Hall–Kier alpha value is -4.80. The Bertz CT molecular complexity index is 2450. The molecule has 0 heterocycles. The van der Waals surface area contributed by atoms with Crippen LogP contribution < -0.4 is 0 Å². The molecule has 3 N–H and O–H groups in total. The van der Waals surface area contributed by atoms with Gasteiger partial charge in [0.25, 0.3) is 0 Å². The lowest BCUT2D eigenvalue weighted by molar-refractivity contribution is 0.197. The maximum absolute atomic E-state index is 11.0. The number of aliphatic hydroxyl groups excluding tert-OH is 3. The van der Waals surface area contributed by atoms with Crippen molar-refractivity contribution >= 4 is 0 Å². The Morgan fingerprint density at radius 2 is 0.827 bits per heavy atom. The Morgan fingerprint density at radius 1 is 0.442 bits per heavy atom. The van der Waals surface area contributed by atoms with Crippen molar-refractivity contribution in [1.82, 2.24) is 0 Å². The van der Waals surface area contributed by atoms with E-state index in [0.29, 0.717) is 12.8 Å². The molecule has 0 bridgehead atoms. The summed E-state index contributed by atoms with van der Waals surface area (Å²) in [6.45, 7) is 11.6. The van der Waals surface area contributed by atoms with Gasteiger partial charge in [-0.1, -0.05) is 118 Å². The van der Waals surface area contributed by atoms with Gasteiger partial charge in [-0.25, -0.2) is 0 Å². The van der Waals surface area contributed by atoms with E-state index in [1.54, 1.807) is 0 Å². The minimum Gasteiger partial charge on any atom is -0.396 e. The molecule has 6 aromatic carbocycles. The highest BCUT2D eigenvalue weighted by Crippen LogP contribution is 2.55. The number of rotatable bonds is 7. The maximum atomic E-state index is 11.0. The van der Waals surface area contributed by atoms with Crippen molar-refractivity contribution in [2.75, 3.05) is 13.2 Å². The molecule has 0 saturated heterocycles. The normalized spacial score (nSPS) is 18.0. The van der Waals surface area contributed by atoms with Gasteiger partial charge in [0.15, 0.2) is 0 Å². The molecule has 1 unspecified atom stereocenters. The van der Waals surface area contributed by atoms with Gasteiger partial charge < -0.3 is 15.3 Å². The molecule has 0 aliphatic heterocycles. The standard InChI is InChI=1S/C49H46O3/c1-29-7-13-39-40-18-12-34(26-46(40)49(28-52,19-6-20-50)45(39)21-29)33-11-17-38-37-16-10-32(24-43(37)48(4,5)44(38)25-33)31-9-15-36-35-14-8-30(27-51)22-41(35)47(2,3)42(36)23-31/h7-18,21-26,50-52H,6,19-20,27-28H2,1-5H3. The molecular formula is C49H46O3. The molecule has 9 rings (SSSR count). The van der Waals surface area contributed by atoms with Crippen LogP contribution in [-0.2, 0) is 22.9 Å². The average molecular weight is 683 g/mol. The molecule has 260 valence electrons. The molecule has 0 saturated carbocycles. The van der Waals surface area contributed by atoms with Gasteiger partial charge in [0.2, 0.25) is 0 Å². The third-order valence-electron chi connectivity index (χ3n) is 12.8. The third-order valence-corrected chi connectivity index (χ3v) is 12.8. The second-order valence-electron chi connectivity index (χ2n) is 16.4. The summed E-state index contributed by atoms with van der Waals surface area (Å²) >= 11 is 0. The van der Waals surface area contributed by atoms with Crippen LogP contribution in [0.3, 0.4) is 0 Å². The largest absolute Gasteiger partial charge is 0.396 e. The first-order valence-electron chi connectivity index (χ1n) is 18.7. The topological polar surface area (TPSA) is 60.7 Å². The average Bonchev–Trinajstić information content (AvgIpc) is 3.66. The fourth-order valence-electron chi connectivity index (χ4n) is 9.85. The Labute approximate surface area is 307 Å². The Balaban J connectivity index is 1.08. The zero-order chi connectivity index (χ0) is 36.2. The fraction of sp³-hybridized carbons (Fsp3) is 0.265. The van der Waals surface area contributed by atoms with Crippen LogP contribution >= 0.6 is 0 Å². The van der Waals surface area contributed by atoms with Gasteiger partial charge in [-0.05, 0) is 139 Å². The highest BCUT2D eigenvalue weighted by atomic mass is 16.3. The van der Waals surface area contributed by atoms with Crippen molar-refractivity contribution in [1.29, 1.82) is 0 Å². The van der Waals surface area contributed by atoms with Gasteiger partial charge in [-0.15, -0.1) is 0 Å². The molecule has 0 amide bonds. The van der Waals surface area contributed by atoms with E-state index < -0.39 is 5.41 Å². The quantitative estimate of drug-likeness (QED) is 0.157. The molecule has 3 heteroatoms. The monoisotopic (exact) mass is 682 g/mol. The van der Waals surface area contributed by atoms with E-state index in [4.69, 9.17) is 0 Å². The second-order valence-corrected chi connectivity index (χ2v) is 16.4. The smallest absolute Gasteiger partial charge is 0.0681 e. The molecule has 3 aliphatic carbocycles. The predicted molar refractivity (Wildman–Crippen MR) is 213 cm³/mol. The lowest BCUT2D eigenvalue weighted by Crippen LogP contribution is -2.30. The fourth-order valence-corrected chi connectivity index (χ4v) is 9.85. The van der Waals surface area contributed by atoms with Crippen LogP contribution in [0.25, 0.3) is 55.6 Å². The minimum absolute atomic E-state index is 0.00800. The number of hydrogen-bond donors (Lipinski definition) is 3. The predicted octanol–water partition coefficient (Wildman–Crippen LogP) is 10.5. The van der Waals surface area contributed by atoms with Crippen LogP contribution in [-0.4, -0.2) is 28.5 Å². The Morgan fingerprint density at radius 3 is 1.27 bits per heavy atom. The summed E-state index contributed by atoms with van der Waals surface area (Å²) in [6, 6.07) is 40.5. The molecule has 3 nitrogen and oxygen atoms in total. The molecule has 0 aromatic heterocycles. The summed E-state index contributed by atoms with van der Waals surface area (Å²) in [5.74, 6) is 0. The second kappa shape index (κ2) is 11.6. The zero-order valence-electron chi connectivity index (χ0n) is 30.8. The summed E-state index contributed by atoms with van der Waals surface area (Å²) in [7, 11) is 0. The van der Waals surface area contributed by atoms with Crippen LogP contribution in [0.15, 0.2) is 109 Å². The van der Waals surface area contributed by atoms with Gasteiger partial charge >= 0.3 is 0 Å². The van der Waals surface area contributed by atoms with Crippen LogP contribution in [0, 0.1) is 6.92 Å². The van der Waals surface area contributed by atoms with E-state index in [1.165, 1.54) is 83.5 Å². The third kappa shape index (κ3) is 4.56. The first-order valence-corrected chi connectivity index (χ1v) is 18.7. The summed E-state index contributed by atoms with van der Waals surface area (Å²) < 4.78 is 0. The number of fused-ring (bicyclic) bond motifs is 9. The van der Waals surface area contributed by atoms with Crippen molar-refractivity contribution < 1.29 is 15.3 Å². The van der Waals surface area contributed by atoms with E-state index in [1.807, 2.05) is 6.07 Å². The molecule has 3 aliphatic rings. The SMILES string of the molecule is Cc1ccc2c(c1)C(CO)(CCCO)c1cc(-c3ccc4c(c3)C(C)(C)c3cc(-c5ccc6c(c5)C(C)(C)c5cc(CO)ccc5-6)ccc3-4)ccc1-2. The zero-order valence-corrected chi connectivity index (χ0v) is 30.8. The highest BCUT2D eigenvalue weighted by molar-refractivity contribution is 5.89. The van der Waals surface area contributed by atoms with Gasteiger partial charge in [0.1, 0.15) is 0 Å². The van der Waals surface area contributed by atoms with Crippen molar-refractivity contribution in [3.8, 4) is 55.6 Å². The van der Waals surface area contributed by atoms with Gasteiger partial charge in [0, 0.05) is 22.9 Å². The van der Waals surface area contributed by atoms with Crippen LogP contribution in [0.5, 0.6) is 0 Å². The molecule has 0 spiro atoms. The van der Waals surface area contributed by atoms with E-state index >= 15 is 0 Å². The molecule has 0 radical (unpaired) electrons. The molecular weight excluding hydrogens is 637 g/mol. The lowest BCUT2D eigenvalue weighted by Gasteiger charge is -2.30. The van der Waals surface area contributed by atoms with E-state index in [-0.39, 0.29) is 30.7 Å². The molecule has 0 fully saturated rings. The van der Waals surface area contributed by atoms with Crippen LogP contribution in [0.4, 0.5) is 0 Å². The first kappa shape index (κ1) is 33.1. The summed E-state index contributed by atoms with van der Waals surface area (Å²) in [6.07, 6.45) is 1.33. The van der Waals surface area contributed by atoms with Crippen LogP contribution in [0.2, 0.25) is 0 Å². The summed E-state index contributed by atoms with van der Waals surface area (Å²) in [4.78, 5) is 0. The van der Waals surface area contributed by atoms with Crippen LogP contribution in [0.1, 0.15) is 85.0 Å². The minimum atomic E-state index is -0.532. The summed E-state index contributed by atoms with van der Waals surface area (Å²) in [5, 5.41) is 30.7. The summed E-state index contributed by atoms with van der Waals surface area (Å²) in [5.41, 5.74) is 21.1. The highest BCUT2D eigenvalue weighted by Gasteiger charge is 2.43. The Kier molecular flexibility index (Phi) is 7.38. The van der Waals surface area contributed by atoms with Gasteiger partial charge in [-0.2, -0.15) is 0 Å². The van der Waals surface area contributed by atoms with E-state index in [9.17, 15) is 15.3 Å². The number of benzene rings is 6. The molecule has 6 aromatic rings. The molecule has 1 atom stereocenters. The van der Waals surface area contributed by atoms with E-state index in [0.717, 1.165) is 16.7 Å².